The number of hydrogen-bond donors (Lipinski definition) is 2. The molecule has 3 heterocycles. The van der Waals surface area contributed by atoms with Gasteiger partial charge in [0.25, 0.3) is 5.91 Å². The number of aryl methyl sites for hydroxylation is 2. The molecule has 10 nitrogen and oxygen atoms in total. The van der Waals surface area contributed by atoms with Crippen LogP contribution in [0, 0.1) is 31.6 Å². The van der Waals surface area contributed by atoms with Crippen LogP contribution in [-0.2, 0) is 28.7 Å². The molecule has 0 saturated carbocycles. The number of rotatable bonds is 16. The molecule has 7 atom stereocenters. The number of carbonyl (C=O) groups is 4. The fourth-order valence-electron chi connectivity index (χ4n) is 8.29. The van der Waals surface area contributed by atoms with Gasteiger partial charge in [0.1, 0.15) is 17.7 Å². The van der Waals surface area contributed by atoms with Crippen LogP contribution in [0.25, 0.3) is 0 Å². The lowest BCUT2D eigenvalue weighted by Gasteiger charge is -2.40. The van der Waals surface area contributed by atoms with Gasteiger partial charge in [0, 0.05) is 18.7 Å². The zero-order valence-electron chi connectivity index (χ0n) is 29.7. The van der Waals surface area contributed by atoms with Gasteiger partial charge in [-0.15, -0.1) is 13.2 Å². The predicted octanol–water partition coefficient (Wildman–Crippen LogP) is 4.97. The topological polar surface area (TPSA) is 125 Å². The normalized spacial score (nSPS) is 24.8. The lowest BCUT2D eigenvalue weighted by molar-refractivity contribution is -0.161. The summed E-state index contributed by atoms with van der Waals surface area (Å²) in [4.78, 5) is 59.8. The molecule has 3 aliphatic rings. The highest BCUT2D eigenvalue weighted by atomic mass is 16.6. The molecule has 0 aliphatic carbocycles. The first-order valence-electron chi connectivity index (χ1n) is 17.7. The number of likely N-dealkylation sites (tertiary alicyclic amines) is 1. The molecule has 0 unspecified atom stereocenters. The van der Waals surface area contributed by atoms with Crippen LogP contribution in [0.2, 0.25) is 0 Å². The number of esters is 1. The molecule has 50 heavy (non-hydrogen) atoms. The lowest BCUT2D eigenvalue weighted by Crippen LogP contribution is -2.59. The number of allylic oxidation sites excluding steroid dienone is 1. The number of para-hydroxylation sites is 1. The van der Waals surface area contributed by atoms with Gasteiger partial charge in [0.2, 0.25) is 11.8 Å². The first-order valence-corrected chi connectivity index (χ1v) is 17.7. The highest BCUT2D eigenvalue weighted by Gasteiger charge is 2.75. The summed E-state index contributed by atoms with van der Waals surface area (Å²) < 4.78 is 12.9. The van der Waals surface area contributed by atoms with Crippen LogP contribution in [0.1, 0.15) is 68.7 Å². The molecule has 5 rings (SSSR count). The summed E-state index contributed by atoms with van der Waals surface area (Å²) in [5.41, 5.74) is 1.94. The Balaban J connectivity index is 1.52. The number of ether oxygens (including phenoxy) is 2. The van der Waals surface area contributed by atoms with E-state index >= 15 is 4.79 Å². The van der Waals surface area contributed by atoms with E-state index in [9.17, 15) is 19.5 Å². The average Bonchev–Trinajstić information content (AvgIpc) is 3.74. The van der Waals surface area contributed by atoms with Gasteiger partial charge in [-0.3, -0.25) is 19.2 Å². The standard InChI is InChI=1S/C40H51N3O7/c1-7-9-18-32(45)41-23-31(28-16-11-10-12-17-28)49-39(48)33-30-19-20-40(50-30)34(33)37(46)43(29(24-44)22-25(3)4)36(40)38(47)42(21-8-2)35-26(5)14-13-15-27(35)6/h7-8,10-17,25,29-31,33-34,36,44H,1-2,9,18-24H2,3-6H3,(H,41,45)/t29-,30-,31+,33+,34+,36-,40+/m1/s1. The average molecular weight is 686 g/mol. The zero-order chi connectivity index (χ0) is 36.2. The van der Waals surface area contributed by atoms with Crippen LogP contribution < -0.4 is 10.2 Å². The van der Waals surface area contributed by atoms with E-state index in [-0.39, 0.29) is 49.8 Å². The minimum Gasteiger partial charge on any atom is -0.455 e. The summed E-state index contributed by atoms with van der Waals surface area (Å²) in [6.45, 7) is 15.4. The number of fused-ring (bicyclic) bond motifs is 1. The number of benzene rings is 2. The maximum Gasteiger partial charge on any atom is 0.313 e. The van der Waals surface area contributed by atoms with Crippen molar-refractivity contribution in [1.29, 1.82) is 0 Å². The van der Waals surface area contributed by atoms with Crippen molar-refractivity contribution in [2.24, 2.45) is 17.8 Å². The molecule has 1 spiro atoms. The molecule has 3 aliphatic heterocycles. The van der Waals surface area contributed by atoms with Crippen molar-refractivity contribution in [3.05, 3.63) is 90.5 Å². The quantitative estimate of drug-likeness (QED) is 0.189. The van der Waals surface area contributed by atoms with Crippen LogP contribution in [0.15, 0.2) is 73.8 Å². The van der Waals surface area contributed by atoms with E-state index in [1.807, 2.05) is 76.2 Å². The summed E-state index contributed by atoms with van der Waals surface area (Å²) >= 11 is 0. The SMILES string of the molecule is C=CCCC(=O)NC[C@H](OC(=O)[C@@H]1[C@H]2C(=O)N([C@@H](CO)CC(C)C)[C@H](C(=O)N(CC=C)c3c(C)cccc3C)[C@]23CC[C@H]1O3)c1ccccc1. The van der Waals surface area contributed by atoms with Gasteiger partial charge < -0.3 is 29.7 Å². The maximum atomic E-state index is 15.1. The van der Waals surface area contributed by atoms with Gasteiger partial charge in [-0.1, -0.05) is 74.5 Å². The van der Waals surface area contributed by atoms with E-state index < -0.39 is 47.7 Å². The summed E-state index contributed by atoms with van der Waals surface area (Å²) in [5, 5.41) is 13.6. The number of aliphatic hydroxyl groups excluding tert-OH is 1. The number of anilines is 1. The number of nitrogens with zero attached hydrogens (tertiary/aromatic N) is 2. The van der Waals surface area contributed by atoms with Crippen molar-refractivity contribution < 1.29 is 33.8 Å². The van der Waals surface area contributed by atoms with Crippen LogP contribution >= 0.6 is 0 Å². The van der Waals surface area contributed by atoms with Crippen molar-refractivity contribution >= 4 is 29.4 Å². The number of aliphatic hydroxyl groups is 1. The fourth-order valence-corrected chi connectivity index (χ4v) is 8.29. The third-order valence-corrected chi connectivity index (χ3v) is 10.4. The summed E-state index contributed by atoms with van der Waals surface area (Å²) in [6.07, 6.45) is 3.99. The number of nitrogens with one attached hydrogen (secondary N) is 1. The van der Waals surface area contributed by atoms with Gasteiger partial charge in [-0.05, 0) is 62.1 Å². The molecule has 2 aromatic carbocycles. The lowest BCUT2D eigenvalue weighted by atomic mass is 9.70. The van der Waals surface area contributed by atoms with E-state index in [1.165, 1.54) is 4.90 Å². The Morgan fingerprint density at radius 3 is 2.42 bits per heavy atom. The van der Waals surface area contributed by atoms with Gasteiger partial charge >= 0.3 is 5.97 Å². The highest BCUT2D eigenvalue weighted by molar-refractivity contribution is 6.05. The first-order chi connectivity index (χ1) is 24.0. The number of hydrogen-bond acceptors (Lipinski definition) is 7. The maximum absolute atomic E-state index is 15.1. The number of carbonyl (C=O) groups excluding carboxylic acids is 4. The highest BCUT2D eigenvalue weighted by Crippen LogP contribution is 2.59. The summed E-state index contributed by atoms with van der Waals surface area (Å²) in [7, 11) is 0. The molecule has 268 valence electrons. The van der Waals surface area contributed by atoms with Crippen molar-refractivity contribution in [3.63, 3.8) is 0 Å². The smallest absolute Gasteiger partial charge is 0.313 e. The van der Waals surface area contributed by atoms with Gasteiger partial charge in [0.05, 0.1) is 37.1 Å². The first kappa shape index (κ1) is 37.0. The molecule has 3 fully saturated rings. The molecule has 3 amide bonds. The van der Waals surface area contributed by atoms with Crippen LogP contribution in [0.5, 0.6) is 0 Å². The van der Waals surface area contributed by atoms with Crippen LogP contribution in [0.3, 0.4) is 0 Å². The molecule has 0 radical (unpaired) electrons. The van der Waals surface area contributed by atoms with Crippen molar-refractivity contribution in [2.45, 2.75) is 89.7 Å². The molecule has 2 N–H and O–H groups in total. The summed E-state index contributed by atoms with van der Waals surface area (Å²) in [5.74, 6) is -3.36. The number of amides is 3. The monoisotopic (exact) mass is 685 g/mol. The molecule has 2 aromatic rings. The summed E-state index contributed by atoms with van der Waals surface area (Å²) in [6, 6.07) is 13.2. The largest absolute Gasteiger partial charge is 0.455 e. The third-order valence-electron chi connectivity index (χ3n) is 10.4. The van der Waals surface area contributed by atoms with E-state index in [0.717, 1.165) is 16.8 Å². The third kappa shape index (κ3) is 7.01. The Morgan fingerprint density at radius 1 is 1.10 bits per heavy atom. The van der Waals surface area contributed by atoms with Gasteiger partial charge in [-0.25, -0.2) is 0 Å². The van der Waals surface area contributed by atoms with Crippen molar-refractivity contribution in [1.82, 2.24) is 10.2 Å². The van der Waals surface area contributed by atoms with Gasteiger partial charge in [0.15, 0.2) is 0 Å². The molecule has 2 bridgehead atoms. The van der Waals surface area contributed by atoms with Crippen molar-refractivity contribution in [2.75, 3.05) is 24.6 Å². The zero-order valence-corrected chi connectivity index (χ0v) is 29.7. The van der Waals surface area contributed by atoms with E-state index in [4.69, 9.17) is 9.47 Å². The molecule has 3 saturated heterocycles. The predicted molar refractivity (Wildman–Crippen MR) is 191 cm³/mol. The Labute approximate surface area is 295 Å². The second-order valence-electron chi connectivity index (χ2n) is 14.2. The second kappa shape index (κ2) is 15.7. The second-order valence-corrected chi connectivity index (χ2v) is 14.2. The van der Waals surface area contributed by atoms with Crippen molar-refractivity contribution in [3.8, 4) is 0 Å². The molecule has 0 aromatic heterocycles. The molecule has 10 heteroatoms. The van der Waals surface area contributed by atoms with Crippen LogP contribution in [0.4, 0.5) is 5.69 Å². The Kier molecular flexibility index (Phi) is 11.6. The fraction of sp³-hybridized carbons (Fsp3) is 0.500. The van der Waals surface area contributed by atoms with E-state index in [2.05, 4.69) is 18.5 Å². The minimum absolute atomic E-state index is 0.0498. The molecular formula is C40H51N3O7. The Hall–Kier alpha value is -4.28. The Bertz CT molecular complexity index is 1570. The van der Waals surface area contributed by atoms with Gasteiger partial charge in [-0.2, -0.15) is 0 Å². The van der Waals surface area contributed by atoms with E-state index in [0.29, 0.717) is 31.2 Å². The molecular weight excluding hydrogens is 634 g/mol. The van der Waals surface area contributed by atoms with E-state index in [1.54, 1.807) is 17.1 Å². The minimum atomic E-state index is -1.29. The van der Waals surface area contributed by atoms with Crippen LogP contribution in [-0.4, -0.2) is 77.2 Å². The Morgan fingerprint density at radius 2 is 1.80 bits per heavy atom.